The second-order valence-corrected chi connectivity index (χ2v) is 10.7. The standard InChI is InChI=1S/C29H35N7O/c1-19-8-7-13-25(21(19)3)34-14-16-35(17-15-34)27(28-31-32-33-36(28)23-11-4-5-12-23)24-18-22-10-6-9-20(2)26(22)30-29(24)37/h6-10,13,18,23,27H,4-5,11-12,14-17H2,1-3H3,(H,30,37). The topological polar surface area (TPSA) is 82.9 Å². The third-order valence-electron chi connectivity index (χ3n) is 8.44. The molecule has 8 heteroatoms. The van der Waals surface area contributed by atoms with Crippen LogP contribution in [0.3, 0.4) is 0 Å². The monoisotopic (exact) mass is 497 g/mol. The average molecular weight is 498 g/mol. The molecule has 1 saturated carbocycles. The number of aryl methyl sites for hydroxylation is 2. The molecule has 8 nitrogen and oxygen atoms in total. The molecule has 6 rings (SSSR count). The van der Waals surface area contributed by atoms with Crippen molar-refractivity contribution in [3.05, 3.63) is 80.9 Å². The Morgan fingerprint density at radius 3 is 2.46 bits per heavy atom. The van der Waals surface area contributed by atoms with Crippen molar-refractivity contribution in [1.82, 2.24) is 30.1 Å². The number of pyridine rings is 1. The highest BCUT2D eigenvalue weighted by Crippen LogP contribution is 2.35. The van der Waals surface area contributed by atoms with Crippen LogP contribution in [0.2, 0.25) is 0 Å². The zero-order valence-corrected chi connectivity index (χ0v) is 21.9. The van der Waals surface area contributed by atoms with Crippen LogP contribution in [-0.2, 0) is 0 Å². The number of nitrogens with one attached hydrogen (secondary N) is 1. The number of H-pyrrole nitrogens is 1. The predicted molar refractivity (Wildman–Crippen MR) is 146 cm³/mol. The lowest BCUT2D eigenvalue weighted by Gasteiger charge is -2.40. The highest BCUT2D eigenvalue weighted by molar-refractivity contribution is 5.82. The van der Waals surface area contributed by atoms with Crippen molar-refractivity contribution in [2.45, 2.75) is 58.5 Å². The van der Waals surface area contributed by atoms with Crippen LogP contribution in [0.5, 0.6) is 0 Å². The van der Waals surface area contributed by atoms with Gasteiger partial charge >= 0.3 is 0 Å². The molecule has 0 spiro atoms. The number of tetrazole rings is 1. The first kappa shape index (κ1) is 23.9. The SMILES string of the molecule is Cc1cccc(N2CCN(C(c3cc4cccc(C)c4[nH]c3=O)c3nnnn3C3CCCC3)CC2)c1C. The Kier molecular flexibility index (Phi) is 6.28. The largest absolute Gasteiger partial charge is 0.369 e. The fraction of sp³-hybridized carbons (Fsp3) is 0.448. The molecule has 3 heterocycles. The zero-order chi connectivity index (χ0) is 25.5. The molecule has 1 saturated heterocycles. The number of aromatic nitrogens is 5. The summed E-state index contributed by atoms with van der Waals surface area (Å²) in [6, 6.07) is 14.7. The molecule has 1 unspecified atom stereocenters. The normalized spacial score (nSPS) is 18.1. The maximum atomic E-state index is 13.6. The molecule has 0 bridgehead atoms. The number of para-hydroxylation sites is 1. The van der Waals surface area contributed by atoms with Crippen molar-refractivity contribution in [1.29, 1.82) is 0 Å². The van der Waals surface area contributed by atoms with Crippen LogP contribution in [0.4, 0.5) is 5.69 Å². The van der Waals surface area contributed by atoms with Gasteiger partial charge in [-0.05, 0) is 78.2 Å². The molecule has 2 aromatic heterocycles. The van der Waals surface area contributed by atoms with E-state index in [1.165, 1.54) is 29.7 Å². The minimum atomic E-state index is -0.301. The summed E-state index contributed by atoms with van der Waals surface area (Å²) in [6.45, 7) is 9.81. The van der Waals surface area contributed by atoms with Gasteiger partial charge in [0.1, 0.15) is 6.04 Å². The van der Waals surface area contributed by atoms with Crippen LogP contribution < -0.4 is 10.5 Å². The van der Waals surface area contributed by atoms with Gasteiger partial charge in [-0.1, -0.05) is 43.2 Å². The van der Waals surface area contributed by atoms with Crippen LogP contribution in [0.1, 0.15) is 65.8 Å². The van der Waals surface area contributed by atoms with Gasteiger partial charge in [-0.15, -0.1) is 5.10 Å². The number of hydrogen-bond acceptors (Lipinski definition) is 6. The molecule has 4 aromatic rings. The summed E-state index contributed by atoms with van der Waals surface area (Å²) in [5.74, 6) is 0.782. The van der Waals surface area contributed by atoms with Crippen LogP contribution in [0, 0.1) is 20.8 Å². The van der Waals surface area contributed by atoms with E-state index in [0.29, 0.717) is 11.6 Å². The van der Waals surface area contributed by atoms with Crippen LogP contribution >= 0.6 is 0 Å². The van der Waals surface area contributed by atoms with E-state index < -0.39 is 0 Å². The Balaban J connectivity index is 1.39. The van der Waals surface area contributed by atoms with Crippen LogP contribution in [0.15, 0.2) is 47.3 Å². The van der Waals surface area contributed by atoms with Crippen LogP contribution in [0.25, 0.3) is 10.9 Å². The molecule has 1 N–H and O–H groups in total. The van der Waals surface area contributed by atoms with E-state index in [1.54, 1.807) is 0 Å². The first-order valence-corrected chi connectivity index (χ1v) is 13.5. The van der Waals surface area contributed by atoms with Crippen molar-refractivity contribution < 1.29 is 0 Å². The molecular weight excluding hydrogens is 462 g/mol. The van der Waals surface area contributed by atoms with Crippen molar-refractivity contribution in [3.63, 3.8) is 0 Å². The Hall–Kier alpha value is -3.52. The van der Waals surface area contributed by atoms with Crippen molar-refractivity contribution >= 4 is 16.6 Å². The summed E-state index contributed by atoms with van der Waals surface area (Å²) < 4.78 is 2.01. The van der Waals surface area contributed by atoms with E-state index in [-0.39, 0.29) is 11.6 Å². The summed E-state index contributed by atoms with van der Waals surface area (Å²) in [6.07, 6.45) is 4.55. The van der Waals surface area contributed by atoms with Gasteiger partial charge in [0.25, 0.3) is 5.56 Å². The molecule has 1 atom stereocenters. The number of hydrogen-bond donors (Lipinski definition) is 1. The minimum Gasteiger partial charge on any atom is -0.369 e. The van der Waals surface area contributed by atoms with Gasteiger partial charge in [0.05, 0.1) is 11.6 Å². The zero-order valence-electron chi connectivity index (χ0n) is 21.9. The third-order valence-corrected chi connectivity index (χ3v) is 8.44. The molecule has 0 amide bonds. The first-order valence-electron chi connectivity index (χ1n) is 13.5. The quantitative estimate of drug-likeness (QED) is 0.438. The predicted octanol–water partition coefficient (Wildman–Crippen LogP) is 4.47. The van der Waals surface area contributed by atoms with E-state index in [9.17, 15) is 4.79 Å². The van der Waals surface area contributed by atoms with Crippen molar-refractivity contribution in [2.24, 2.45) is 0 Å². The molecule has 2 fully saturated rings. The highest BCUT2D eigenvalue weighted by Gasteiger charge is 2.35. The number of aromatic amines is 1. The van der Waals surface area contributed by atoms with E-state index in [0.717, 1.165) is 61.3 Å². The second-order valence-electron chi connectivity index (χ2n) is 10.7. The number of fused-ring (bicyclic) bond motifs is 1. The fourth-order valence-electron chi connectivity index (χ4n) is 6.19. The number of benzene rings is 2. The van der Waals surface area contributed by atoms with Crippen molar-refractivity contribution in [3.8, 4) is 0 Å². The molecule has 1 aliphatic heterocycles. The first-order chi connectivity index (χ1) is 18.0. The van der Waals surface area contributed by atoms with E-state index in [4.69, 9.17) is 0 Å². The number of nitrogens with zero attached hydrogens (tertiary/aromatic N) is 6. The van der Waals surface area contributed by atoms with Crippen LogP contribution in [-0.4, -0.2) is 56.3 Å². The summed E-state index contributed by atoms with van der Waals surface area (Å²) >= 11 is 0. The van der Waals surface area contributed by atoms with E-state index in [1.807, 2.05) is 23.7 Å². The lowest BCUT2D eigenvalue weighted by atomic mass is 10.0. The molecule has 192 valence electrons. The summed E-state index contributed by atoms with van der Waals surface area (Å²) in [5, 5.41) is 14.1. The summed E-state index contributed by atoms with van der Waals surface area (Å²) in [7, 11) is 0. The lowest BCUT2D eigenvalue weighted by molar-refractivity contribution is 0.196. The fourth-order valence-corrected chi connectivity index (χ4v) is 6.19. The Labute approximate surface area is 217 Å². The third kappa shape index (κ3) is 4.33. The molecule has 1 aliphatic carbocycles. The average Bonchev–Trinajstić information content (AvgIpc) is 3.60. The second kappa shape index (κ2) is 9.74. The van der Waals surface area contributed by atoms with Crippen molar-refractivity contribution in [2.75, 3.05) is 31.1 Å². The van der Waals surface area contributed by atoms with Gasteiger partial charge in [-0.25, -0.2) is 4.68 Å². The maximum Gasteiger partial charge on any atom is 0.253 e. The molecule has 2 aromatic carbocycles. The summed E-state index contributed by atoms with van der Waals surface area (Å²) in [5.41, 5.74) is 6.55. The van der Waals surface area contributed by atoms with Gasteiger partial charge in [-0.2, -0.15) is 0 Å². The van der Waals surface area contributed by atoms with Gasteiger partial charge in [0, 0.05) is 37.4 Å². The van der Waals surface area contributed by atoms with Gasteiger partial charge in [0.15, 0.2) is 5.82 Å². The summed E-state index contributed by atoms with van der Waals surface area (Å²) in [4.78, 5) is 21.6. The maximum absolute atomic E-state index is 13.6. The highest BCUT2D eigenvalue weighted by atomic mass is 16.1. The Morgan fingerprint density at radius 1 is 0.946 bits per heavy atom. The smallest absolute Gasteiger partial charge is 0.253 e. The van der Waals surface area contributed by atoms with E-state index >= 15 is 0 Å². The number of anilines is 1. The Morgan fingerprint density at radius 2 is 1.68 bits per heavy atom. The minimum absolute atomic E-state index is 0.0651. The molecule has 2 aliphatic rings. The Bertz CT molecular complexity index is 1480. The van der Waals surface area contributed by atoms with E-state index in [2.05, 4.69) is 74.5 Å². The molecule has 37 heavy (non-hydrogen) atoms. The number of piperazine rings is 1. The molecule has 0 radical (unpaired) electrons. The van der Waals surface area contributed by atoms with Gasteiger partial charge < -0.3 is 9.88 Å². The number of rotatable bonds is 5. The molecular formula is C29H35N7O. The van der Waals surface area contributed by atoms with Gasteiger partial charge in [-0.3, -0.25) is 9.69 Å². The van der Waals surface area contributed by atoms with Gasteiger partial charge in [0.2, 0.25) is 0 Å². The lowest BCUT2D eigenvalue weighted by Crippen LogP contribution is -2.49.